The van der Waals surface area contributed by atoms with Crippen LogP contribution in [0.2, 0.25) is 0 Å². The van der Waals surface area contributed by atoms with E-state index in [1.54, 1.807) is 29.8 Å². The van der Waals surface area contributed by atoms with E-state index in [1.165, 1.54) is 57.8 Å². The lowest BCUT2D eigenvalue weighted by molar-refractivity contribution is -0.131. The molecule has 0 unspecified atom stereocenters. The highest BCUT2D eigenvalue weighted by molar-refractivity contribution is 5.98. The van der Waals surface area contributed by atoms with Crippen LogP contribution >= 0.6 is 0 Å². The molecule has 4 aliphatic rings. The molecular weight excluding hydrogens is 861 g/mol. The van der Waals surface area contributed by atoms with Crippen molar-refractivity contribution in [2.75, 3.05) is 18.5 Å². The molecule has 3 aromatic rings. The Hall–Kier alpha value is -4.80. The van der Waals surface area contributed by atoms with Crippen LogP contribution in [0.1, 0.15) is 141 Å². The fourth-order valence-corrected chi connectivity index (χ4v) is 13.2. The summed E-state index contributed by atoms with van der Waals surface area (Å²) in [6.45, 7) is 13.5. The third-order valence-electron chi connectivity index (χ3n) is 17.1. The van der Waals surface area contributed by atoms with Gasteiger partial charge in [-0.2, -0.15) is 0 Å². The number of amides is 4. The predicted octanol–water partition coefficient (Wildman–Crippen LogP) is 10.3. The molecule has 10 nitrogen and oxygen atoms in total. The van der Waals surface area contributed by atoms with Gasteiger partial charge in [-0.15, -0.1) is 0 Å². The van der Waals surface area contributed by atoms with Crippen LogP contribution in [-0.4, -0.2) is 60.1 Å². The first-order valence-corrected chi connectivity index (χ1v) is 26.5. The second kappa shape index (κ2) is 24.4. The van der Waals surface area contributed by atoms with Gasteiger partial charge in [0.05, 0.1) is 12.7 Å². The number of rotatable bonds is 23. The average molecular weight is 943 g/mol. The van der Waals surface area contributed by atoms with Crippen molar-refractivity contribution in [3.8, 4) is 0 Å². The van der Waals surface area contributed by atoms with Crippen molar-refractivity contribution < 1.29 is 29.0 Å². The van der Waals surface area contributed by atoms with Gasteiger partial charge in [0.25, 0.3) is 0 Å². The molecule has 0 aromatic heterocycles. The minimum absolute atomic E-state index is 0.0179. The molecule has 0 spiro atoms. The zero-order chi connectivity index (χ0) is 49.0. The quantitative estimate of drug-likeness (QED) is 0.0473. The fraction of sp³-hybridized carbons (Fsp3) is 0.593. The third-order valence-corrected chi connectivity index (χ3v) is 17.1. The van der Waals surface area contributed by atoms with Crippen LogP contribution in [0.5, 0.6) is 0 Å². The molecule has 0 saturated heterocycles. The first-order valence-electron chi connectivity index (χ1n) is 26.5. The van der Waals surface area contributed by atoms with Gasteiger partial charge in [-0.3, -0.25) is 19.2 Å². The zero-order valence-corrected chi connectivity index (χ0v) is 42.3. The summed E-state index contributed by atoms with van der Waals surface area (Å²) in [7, 11) is 0. The molecule has 0 radical (unpaired) electrons. The van der Waals surface area contributed by atoms with Crippen molar-refractivity contribution in [3.63, 3.8) is 0 Å². The molecule has 374 valence electrons. The number of carbonyl (C=O) groups excluding carboxylic acids is 4. The highest BCUT2D eigenvalue weighted by Crippen LogP contribution is 2.67. The largest absolute Gasteiger partial charge is 0.392 e. The number of aliphatic hydroxyl groups is 1. The van der Waals surface area contributed by atoms with E-state index in [-0.39, 0.29) is 49.7 Å². The number of allylic oxidation sites excluding steroid dienone is 1. The number of fused-ring (bicyclic) bond motifs is 5. The maximum atomic E-state index is 14.0. The van der Waals surface area contributed by atoms with Gasteiger partial charge in [0, 0.05) is 44.5 Å². The van der Waals surface area contributed by atoms with Gasteiger partial charge in [-0.05, 0) is 133 Å². The van der Waals surface area contributed by atoms with Gasteiger partial charge < -0.3 is 31.1 Å². The molecule has 10 atom stereocenters. The summed E-state index contributed by atoms with van der Waals surface area (Å²) in [6.07, 6.45) is 18.1. The van der Waals surface area contributed by atoms with Crippen LogP contribution < -0.4 is 21.3 Å². The lowest BCUT2D eigenvalue weighted by Gasteiger charge is -2.58. The number of anilines is 1. The Morgan fingerprint density at radius 2 is 1.38 bits per heavy atom. The maximum absolute atomic E-state index is 14.0. The molecule has 0 heterocycles. The second-order valence-electron chi connectivity index (χ2n) is 22.1. The number of nitrogens with one attached hydrogen (secondary N) is 4. The minimum Gasteiger partial charge on any atom is -0.392 e. The topological polar surface area (TPSA) is 146 Å². The molecule has 5 N–H and O–H groups in total. The lowest BCUT2D eigenvalue weighted by Crippen LogP contribution is -2.54. The van der Waals surface area contributed by atoms with E-state index in [9.17, 15) is 24.3 Å². The summed E-state index contributed by atoms with van der Waals surface area (Å²) in [5, 5.41) is 21.1. The van der Waals surface area contributed by atoms with Gasteiger partial charge >= 0.3 is 0 Å². The Morgan fingerprint density at radius 3 is 2.04 bits per heavy atom. The Balaban J connectivity index is 0.849. The highest BCUT2D eigenvalue weighted by atomic mass is 16.5. The van der Waals surface area contributed by atoms with E-state index in [0.29, 0.717) is 36.2 Å². The molecular formula is C59H82N4O6. The molecule has 7 rings (SSSR count). The van der Waals surface area contributed by atoms with Gasteiger partial charge in [0.1, 0.15) is 12.1 Å². The van der Waals surface area contributed by atoms with Crippen molar-refractivity contribution in [3.05, 3.63) is 113 Å². The van der Waals surface area contributed by atoms with Crippen molar-refractivity contribution in [1.29, 1.82) is 0 Å². The lowest BCUT2D eigenvalue weighted by atomic mass is 9.47. The fourth-order valence-electron chi connectivity index (χ4n) is 13.2. The standard InChI is InChI=1S/C59H82N4O6/c1-40(2)14-12-15-41(3)49-26-27-50-48-25-22-45-38-47(30-32-58(45,4)51(48)31-33-59(49,50)5)69-35-13-34-60-54(65)28-29-55(66)62-52(36-42-16-8-6-9-17-42)57(68)63-53(37-43-18-10-7-11-19-43)56(67)61-46-23-20-44(39-64)21-24-46/h6-11,16-24,40-41,47-53,64H,12-15,25-39H2,1-5H3,(H,60,65)(H,61,67)(H,62,66)(H,63,68)/t41-,47+,48+,49-,50+,51+,52+,53+,58+,59-/m1/s1. The van der Waals surface area contributed by atoms with Crippen molar-refractivity contribution in [1.82, 2.24) is 16.0 Å². The summed E-state index contributed by atoms with van der Waals surface area (Å²) < 4.78 is 6.47. The van der Waals surface area contributed by atoms with Crippen LogP contribution in [0.15, 0.2) is 96.6 Å². The molecule has 69 heavy (non-hydrogen) atoms. The zero-order valence-electron chi connectivity index (χ0n) is 42.3. The Morgan fingerprint density at radius 1 is 0.710 bits per heavy atom. The van der Waals surface area contributed by atoms with Crippen LogP contribution in [0.25, 0.3) is 0 Å². The van der Waals surface area contributed by atoms with E-state index in [4.69, 9.17) is 4.74 Å². The molecule has 3 fully saturated rings. The summed E-state index contributed by atoms with van der Waals surface area (Å²) in [6, 6.07) is 23.7. The summed E-state index contributed by atoms with van der Waals surface area (Å²) in [5.74, 6) is 3.39. The smallest absolute Gasteiger partial charge is 0.247 e. The van der Waals surface area contributed by atoms with Gasteiger partial charge in [0.15, 0.2) is 0 Å². The molecule has 3 saturated carbocycles. The van der Waals surface area contributed by atoms with E-state index in [1.807, 2.05) is 60.7 Å². The van der Waals surface area contributed by atoms with Crippen molar-refractivity contribution >= 4 is 29.3 Å². The summed E-state index contributed by atoms with van der Waals surface area (Å²) >= 11 is 0. The van der Waals surface area contributed by atoms with Gasteiger partial charge in [0.2, 0.25) is 23.6 Å². The number of hydrogen-bond donors (Lipinski definition) is 5. The first kappa shape index (κ1) is 52.0. The summed E-state index contributed by atoms with van der Waals surface area (Å²) in [4.78, 5) is 54.0. The maximum Gasteiger partial charge on any atom is 0.247 e. The Bertz CT molecular complexity index is 2180. The number of hydrogen-bond acceptors (Lipinski definition) is 6. The molecule has 0 bridgehead atoms. The van der Waals surface area contributed by atoms with E-state index in [2.05, 4.69) is 62.0 Å². The predicted molar refractivity (Wildman–Crippen MR) is 275 cm³/mol. The van der Waals surface area contributed by atoms with Crippen molar-refractivity contribution in [2.24, 2.45) is 46.3 Å². The number of aliphatic hydroxyl groups excluding tert-OH is 1. The SMILES string of the molecule is CC(C)CCC[C@@H](C)[C@H]1CC[C@H]2[C@@H]3CC=C4C[C@@H](OCCCNC(=O)CCC(=O)N[C@@H](Cc5ccccc5)C(=O)N[C@@H](Cc5ccccc5)C(=O)Nc5ccc(CO)cc5)CC[C@]4(C)[C@H]3CC[C@]12C. The number of ether oxygens (including phenoxy) is 1. The van der Waals surface area contributed by atoms with E-state index < -0.39 is 29.8 Å². The Labute approximate surface area is 413 Å². The van der Waals surface area contributed by atoms with Crippen LogP contribution in [-0.2, 0) is 43.4 Å². The average Bonchev–Trinajstić information content (AvgIpc) is 3.71. The van der Waals surface area contributed by atoms with E-state index in [0.717, 1.165) is 59.5 Å². The van der Waals surface area contributed by atoms with Gasteiger partial charge in [-0.1, -0.05) is 138 Å². The van der Waals surface area contributed by atoms with Crippen LogP contribution in [0.4, 0.5) is 5.69 Å². The molecule has 10 heteroatoms. The summed E-state index contributed by atoms with van der Waals surface area (Å²) in [5.41, 5.74) is 5.34. The second-order valence-corrected chi connectivity index (χ2v) is 22.1. The molecule has 4 aliphatic carbocycles. The number of benzene rings is 3. The highest BCUT2D eigenvalue weighted by Gasteiger charge is 2.59. The van der Waals surface area contributed by atoms with Crippen LogP contribution in [0, 0.1) is 46.3 Å². The van der Waals surface area contributed by atoms with E-state index >= 15 is 0 Å². The minimum atomic E-state index is -0.991. The van der Waals surface area contributed by atoms with Crippen molar-refractivity contribution in [2.45, 2.75) is 162 Å². The monoisotopic (exact) mass is 943 g/mol. The number of carbonyl (C=O) groups is 4. The third kappa shape index (κ3) is 13.5. The van der Waals surface area contributed by atoms with Crippen LogP contribution in [0.3, 0.4) is 0 Å². The first-order chi connectivity index (χ1) is 33.2. The molecule has 3 aromatic carbocycles. The molecule has 0 aliphatic heterocycles. The normalized spacial score (nSPS) is 26.3. The van der Waals surface area contributed by atoms with Gasteiger partial charge in [-0.25, -0.2) is 0 Å². The Kier molecular flexibility index (Phi) is 18.4. The molecule has 4 amide bonds.